The predicted octanol–water partition coefficient (Wildman–Crippen LogP) is 2.88. The summed E-state index contributed by atoms with van der Waals surface area (Å²) in [6.45, 7) is 8.05. The molecule has 3 aliphatic rings. The van der Waals surface area contributed by atoms with Gasteiger partial charge in [-0.2, -0.15) is 0 Å². The molecule has 0 radical (unpaired) electrons. The number of fused-ring (bicyclic) bond motifs is 2. The van der Waals surface area contributed by atoms with E-state index in [2.05, 4.69) is 26.6 Å². The zero-order valence-corrected chi connectivity index (χ0v) is 13.7. The van der Waals surface area contributed by atoms with Crippen LogP contribution in [0.25, 0.3) is 0 Å². The van der Waals surface area contributed by atoms with Crippen LogP contribution in [0.15, 0.2) is 0 Å². The maximum Gasteiger partial charge on any atom is 0.105 e. The lowest BCUT2D eigenvalue weighted by Gasteiger charge is -2.61. The molecule has 1 spiro atoms. The van der Waals surface area contributed by atoms with Crippen molar-refractivity contribution in [1.82, 2.24) is 4.90 Å². The van der Waals surface area contributed by atoms with E-state index in [1.54, 1.807) is 0 Å². The van der Waals surface area contributed by atoms with Gasteiger partial charge >= 0.3 is 0 Å². The van der Waals surface area contributed by atoms with E-state index in [0.717, 1.165) is 30.9 Å². The van der Waals surface area contributed by atoms with E-state index in [9.17, 15) is 0 Å². The summed E-state index contributed by atoms with van der Waals surface area (Å²) in [6, 6.07) is 0.673. The van der Waals surface area contributed by atoms with Gasteiger partial charge in [-0.15, -0.1) is 0 Å². The minimum Gasteiger partial charge on any atom is -0.377 e. The number of nitrogens with zero attached hydrogens (tertiary/aromatic N) is 1. The van der Waals surface area contributed by atoms with Crippen LogP contribution in [0.3, 0.4) is 0 Å². The van der Waals surface area contributed by atoms with Crippen LogP contribution < -0.4 is 0 Å². The Hall–Kier alpha value is -0.0151. The summed E-state index contributed by atoms with van der Waals surface area (Å²) in [5.41, 5.74) is 0.407. The van der Waals surface area contributed by atoms with E-state index < -0.39 is 0 Å². The standard InChI is InChI=1S/C17H32BNO/c1-13(2)19-10-9-14-5-3-6-15(18)7-4-8-16(14)17(19)11-20-12-17/h13-16H,3-12,18H2,1-2H3. The lowest BCUT2D eigenvalue weighted by atomic mass is 9.65. The molecule has 1 saturated carbocycles. The van der Waals surface area contributed by atoms with Crippen molar-refractivity contribution < 1.29 is 4.74 Å². The fraction of sp³-hybridized carbons (Fsp3) is 1.00. The van der Waals surface area contributed by atoms with E-state index in [1.807, 2.05) is 0 Å². The predicted molar refractivity (Wildman–Crippen MR) is 87.0 cm³/mol. The third-order valence-electron chi connectivity index (χ3n) is 6.38. The molecule has 20 heavy (non-hydrogen) atoms. The van der Waals surface area contributed by atoms with Gasteiger partial charge in [-0.3, -0.25) is 4.90 Å². The van der Waals surface area contributed by atoms with Gasteiger partial charge in [0.2, 0.25) is 0 Å². The molecule has 114 valence electrons. The van der Waals surface area contributed by atoms with Crippen LogP contribution in [0, 0.1) is 11.8 Å². The molecule has 0 aromatic rings. The van der Waals surface area contributed by atoms with E-state index in [-0.39, 0.29) is 0 Å². The Balaban J connectivity index is 1.79. The summed E-state index contributed by atoms with van der Waals surface area (Å²) >= 11 is 0. The third kappa shape index (κ3) is 2.56. The highest BCUT2D eigenvalue weighted by Gasteiger charge is 2.55. The fourth-order valence-corrected chi connectivity index (χ4v) is 5.25. The van der Waals surface area contributed by atoms with Gasteiger partial charge in [0.1, 0.15) is 7.85 Å². The molecule has 3 fully saturated rings. The van der Waals surface area contributed by atoms with Gasteiger partial charge in [0.15, 0.2) is 0 Å². The lowest BCUT2D eigenvalue weighted by molar-refractivity contribution is -0.208. The van der Waals surface area contributed by atoms with E-state index in [0.29, 0.717) is 11.6 Å². The Morgan fingerprint density at radius 2 is 1.75 bits per heavy atom. The van der Waals surface area contributed by atoms with Crippen molar-refractivity contribution in [3.05, 3.63) is 0 Å². The molecular weight excluding hydrogens is 245 g/mol. The number of piperidine rings is 1. The second-order valence-electron chi connectivity index (χ2n) is 8.01. The first-order valence-corrected chi connectivity index (χ1v) is 8.98. The maximum absolute atomic E-state index is 5.73. The number of ether oxygens (including phenoxy) is 1. The van der Waals surface area contributed by atoms with Crippen molar-refractivity contribution >= 4 is 7.85 Å². The highest BCUT2D eigenvalue weighted by atomic mass is 16.5. The molecule has 3 unspecified atom stereocenters. The van der Waals surface area contributed by atoms with Gasteiger partial charge < -0.3 is 4.74 Å². The van der Waals surface area contributed by atoms with Crippen molar-refractivity contribution in [3.63, 3.8) is 0 Å². The molecular formula is C17H32BNO. The van der Waals surface area contributed by atoms with E-state index >= 15 is 0 Å². The molecule has 2 heterocycles. The van der Waals surface area contributed by atoms with Crippen LogP contribution in [0.5, 0.6) is 0 Å². The smallest absolute Gasteiger partial charge is 0.105 e. The van der Waals surface area contributed by atoms with Crippen LogP contribution in [0.4, 0.5) is 0 Å². The molecule has 0 amide bonds. The van der Waals surface area contributed by atoms with Gasteiger partial charge in [-0.25, -0.2) is 0 Å². The molecule has 2 saturated heterocycles. The minimum atomic E-state index is 0.407. The van der Waals surface area contributed by atoms with Crippen LogP contribution >= 0.6 is 0 Å². The lowest BCUT2D eigenvalue weighted by Crippen LogP contribution is -2.71. The van der Waals surface area contributed by atoms with Crippen molar-refractivity contribution in [2.45, 2.75) is 76.2 Å². The van der Waals surface area contributed by atoms with Gasteiger partial charge in [0.05, 0.1) is 18.8 Å². The molecule has 0 N–H and O–H groups in total. The van der Waals surface area contributed by atoms with Gasteiger partial charge in [0, 0.05) is 6.04 Å². The molecule has 1 aliphatic carbocycles. The summed E-state index contributed by atoms with van der Waals surface area (Å²) in [7, 11) is 2.46. The average molecular weight is 277 g/mol. The third-order valence-corrected chi connectivity index (χ3v) is 6.38. The zero-order valence-electron chi connectivity index (χ0n) is 13.7. The molecule has 3 rings (SSSR count). The molecule has 2 aliphatic heterocycles. The summed E-state index contributed by atoms with van der Waals surface area (Å²) in [6.07, 6.45) is 10.2. The SMILES string of the molecule is BC1CCCC2CCN(C(C)C)C3(COC3)C2CCC1. The highest BCUT2D eigenvalue weighted by molar-refractivity contribution is 6.11. The first kappa shape index (κ1) is 14.9. The highest BCUT2D eigenvalue weighted by Crippen LogP contribution is 2.48. The fourth-order valence-electron chi connectivity index (χ4n) is 5.25. The number of rotatable bonds is 1. The van der Waals surface area contributed by atoms with Crippen molar-refractivity contribution in [3.8, 4) is 0 Å². The van der Waals surface area contributed by atoms with Crippen LogP contribution in [0.1, 0.15) is 58.8 Å². The van der Waals surface area contributed by atoms with Crippen LogP contribution in [-0.2, 0) is 4.74 Å². The van der Waals surface area contributed by atoms with Crippen molar-refractivity contribution in [2.24, 2.45) is 11.8 Å². The minimum absolute atomic E-state index is 0.407. The van der Waals surface area contributed by atoms with Crippen LogP contribution in [-0.4, -0.2) is 44.1 Å². The molecule has 3 heteroatoms. The van der Waals surface area contributed by atoms with E-state index in [4.69, 9.17) is 4.74 Å². The van der Waals surface area contributed by atoms with Crippen molar-refractivity contribution in [2.75, 3.05) is 19.8 Å². The van der Waals surface area contributed by atoms with Gasteiger partial charge in [0.25, 0.3) is 0 Å². The molecule has 0 aromatic heterocycles. The van der Waals surface area contributed by atoms with Crippen molar-refractivity contribution in [1.29, 1.82) is 0 Å². The number of hydrogen-bond donors (Lipinski definition) is 0. The Kier molecular flexibility index (Phi) is 4.47. The van der Waals surface area contributed by atoms with Gasteiger partial charge in [-0.1, -0.05) is 37.9 Å². The first-order chi connectivity index (χ1) is 9.63. The molecule has 0 bridgehead atoms. The second kappa shape index (κ2) is 6.00. The van der Waals surface area contributed by atoms with Gasteiger partial charge in [-0.05, 0) is 45.1 Å². The second-order valence-corrected chi connectivity index (χ2v) is 8.01. The summed E-state index contributed by atoms with van der Waals surface area (Å²) < 4.78 is 5.73. The topological polar surface area (TPSA) is 12.5 Å². The monoisotopic (exact) mass is 277 g/mol. The normalized spacial score (nSPS) is 38.6. The average Bonchev–Trinajstić information content (AvgIpc) is 2.45. The van der Waals surface area contributed by atoms with E-state index in [1.165, 1.54) is 51.5 Å². The zero-order chi connectivity index (χ0) is 14.2. The van der Waals surface area contributed by atoms with Crippen LogP contribution in [0.2, 0.25) is 5.82 Å². The Morgan fingerprint density at radius 1 is 1.05 bits per heavy atom. The molecule has 3 atom stereocenters. The maximum atomic E-state index is 5.73. The Bertz CT molecular complexity index is 329. The molecule has 0 aromatic carbocycles. The summed E-state index contributed by atoms with van der Waals surface area (Å²) in [4.78, 5) is 2.79. The summed E-state index contributed by atoms with van der Waals surface area (Å²) in [5.74, 6) is 2.82. The summed E-state index contributed by atoms with van der Waals surface area (Å²) in [5, 5.41) is 0. The quantitative estimate of drug-likeness (QED) is 0.683. The molecule has 2 nitrogen and oxygen atoms in total. The number of hydrogen-bond acceptors (Lipinski definition) is 2. The Morgan fingerprint density at radius 3 is 2.35 bits per heavy atom. The Labute approximate surface area is 126 Å². The first-order valence-electron chi connectivity index (χ1n) is 8.98. The largest absolute Gasteiger partial charge is 0.377 e. The number of likely N-dealkylation sites (tertiary alicyclic amines) is 1.